The summed E-state index contributed by atoms with van der Waals surface area (Å²) in [6.45, 7) is 2.96. The Labute approximate surface area is 121 Å². The number of benzene rings is 1. The number of hydrogen-bond acceptors (Lipinski definition) is 3. The van der Waals surface area contributed by atoms with Crippen LogP contribution in [0, 0.1) is 0 Å². The van der Waals surface area contributed by atoms with Crippen LogP contribution in [0.2, 0.25) is 0 Å². The van der Waals surface area contributed by atoms with E-state index in [4.69, 9.17) is 15.3 Å². The highest BCUT2D eigenvalue weighted by Gasteiger charge is 2.04. The number of rotatable bonds is 5. The number of carboxylic acid groups (broad SMARTS) is 3. The second-order valence-corrected chi connectivity index (χ2v) is 3.53. The van der Waals surface area contributed by atoms with Crippen LogP contribution in [0.15, 0.2) is 60.7 Å². The molecule has 0 atom stereocenters. The molecule has 0 aliphatic heterocycles. The molecular formula is C15H14O6. The lowest BCUT2D eigenvalue weighted by atomic mass is 10.1. The molecule has 0 aliphatic rings. The highest BCUT2D eigenvalue weighted by molar-refractivity contribution is 5.97. The summed E-state index contributed by atoms with van der Waals surface area (Å²) < 4.78 is 0. The Bertz CT molecular complexity index is 569. The van der Waals surface area contributed by atoms with Crippen LogP contribution in [0.3, 0.4) is 0 Å². The summed E-state index contributed by atoms with van der Waals surface area (Å²) in [4.78, 5) is 30.3. The molecule has 0 amide bonds. The number of hydrogen-bond donors (Lipinski definition) is 3. The zero-order chi connectivity index (χ0) is 16.3. The Morgan fingerprint density at radius 3 is 1.86 bits per heavy atom. The Morgan fingerprint density at radius 1 is 0.952 bits per heavy atom. The predicted octanol–water partition coefficient (Wildman–Crippen LogP) is 2.05. The maximum Gasteiger partial charge on any atom is 0.335 e. The van der Waals surface area contributed by atoms with Crippen molar-refractivity contribution in [3.05, 3.63) is 66.3 Å². The highest BCUT2D eigenvalue weighted by atomic mass is 16.4. The van der Waals surface area contributed by atoms with Crippen LogP contribution in [-0.2, 0) is 14.4 Å². The van der Waals surface area contributed by atoms with Gasteiger partial charge in [-0.1, -0.05) is 43.0 Å². The maximum absolute atomic E-state index is 10.7. The van der Waals surface area contributed by atoms with Gasteiger partial charge in [0.05, 0.1) is 5.57 Å². The van der Waals surface area contributed by atoms with Crippen LogP contribution in [0.5, 0.6) is 0 Å². The van der Waals surface area contributed by atoms with Crippen molar-refractivity contribution in [2.75, 3.05) is 0 Å². The average molecular weight is 290 g/mol. The third kappa shape index (κ3) is 9.43. The van der Waals surface area contributed by atoms with Gasteiger partial charge in [0.1, 0.15) is 0 Å². The van der Waals surface area contributed by atoms with E-state index in [9.17, 15) is 14.4 Å². The van der Waals surface area contributed by atoms with Gasteiger partial charge in [-0.2, -0.15) is 0 Å². The summed E-state index contributed by atoms with van der Waals surface area (Å²) in [5, 5.41) is 24.8. The molecule has 3 N–H and O–H groups in total. The van der Waals surface area contributed by atoms with E-state index in [1.165, 1.54) is 6.08 Å². The van der Waals surface area contributed by atoms with Crippen LogP contribution in [0.4, 0.5) is 0 Å². The van der Waals surface area contributed by atoms with Gasteiger partial charge in [0, 0.05) is 12.2 Å². The Balaban J connectivity index is 0.000000690. The first-order valence-corrected chi connectivity index (χ1v) is 5.63. The fraction of sp³-hybridized carbons (Fsp3) is 0. The van der Waals surface area contributed by atoms with Crippen LogP contribution in [0.1, 0.15) is 5.56 Å². The molecule has 0 saturated carbocycles. The van der Waals surface area contributed by atoms with Crippen molar-refractivity contribution >= 4 is 24.0 Å². The monoisotopic (exact) mass is 290 g/mol. The maximum atomic E-state index is 10.7. The van der Waals surface area contributed by atoms with Crippen LogP contribution in [0.25, 0.3) is 6.08 Å². The Morgan fingerprint density at radius 2 is 1.48 bits per heavy atom. The lowest BCUT2D eigenvalue weighted by Crippen LogP contribution is -2.01. The molecule has 6 nitrogen and oxygen atoms in total. The first-order valence-electron chi connectivity index (χ1n) is 5.63. The molecule has 110 valence electrons. The zero-order valence-electron chi connectivity index (χ0n) is 11.0. The van der Waals surface area contributed by atoms with E-state index >= 15 is 0 Å². The van der Waals surface area contributed by atoms with E-state index in [0.717, 1.165) is 11.6 Å². The molecule has 0 unspecified atom stereocenters. The van der Waals surface area contributed by atoms with Gasteiger partial charge in [-0.05, 0) is 11.6 Å². The first kappa shape index (κ1) is 17.8. The molecule has 21 heavy (non-hydrogen) atoms. The normalized spacial score (nSPS) is 10.4. The summed E-state index contributed by atoms with van der Waals surface area (Å²) in [5.74, 6) is -3.53. The van der Waals surface area contributed by atoms with E-state index < -0.39 is 17.9 Å². The van der Waals surface area contributed by atoms with Gasteiger partial charge in [0.2, 0.25) is 0 Å². The van der Waals surface area contributed by atoms with Gasteiger partial charge in [-0.3, -0.25) is 0 Å². The van der Waals surface area contributed by atoms with Crippen molar-refractivity contribution in [2.24, 2.45) is 0 Å². The highest BCUT2D eigenvalue weighted by Crippen LogP contribution is 2.05. The van der Waals surface area contributed by atoms with Crippen molar-refractivity contribution in [3.63, 3.8) is 0 Å². The van der Waals surface area contributed by atoms with Gasteiger partial charge in [-0.15, -0.1) is 0 Å². The van der Waals surface area contributed by atoms with Crippen molar-refractivity contribution < 1.29 is 29.7 Å². The van der Waals surface area contributed by atoms with Crippen LogP contribution < -0.4 is 0 Å². The minimum Gasteiger partial charge on any atom is -0.478 e. The lowest BCUT2D eigenvalue weighted by Gasteiger charge is -1.94. The molecule has 6 heteroatoms. The van der Waals surface area contributed by atoms with E-state index in [1.807, 2.05) is 6.07 Å². The summed E-state index contributed by atoms with van der Waals surface area (Å²) in [6, 6.07) is 9.03. The quantitative estimate of drug-likeness (QED) is 0.565. The summed E-state index contributed by atoms with van der Waals surface area (Å²) >= 11 is 0. The molecule has 0 aromatic heterocycles. The zero-order valence-corrected chi connectivity index (χ0v) is 11.0. The van der Waals surface area contributed by atoms with Gasteiger partial charge < -0.3 is 15.3 Å². The molecular weight excluding hydrogens is 276 g/mol. The van der Waals surface area contributed by atoms with E-state index in [-0.39, 0.29) is 5.57 Å². The van der Waals surface area contributed by atoms with Crippen molar-refractivity contribution in [1.82, 2.24) is 0 Å². The molecule has 0 aliphatic carbocycles. The summed E-state index contributed by atoms with van der Waals surface area (Å²) in [7, 11) is 0. The smallest absolute Gasteiger partial charge is 0.335 e. The van der Waals surface area contributed by atoms with Gasteiger partial charge in [0.25, 0.3) is 0 Å². The number of carboxylic acids is 3. The second-order valence-electron chi connectivity index (χ2n) is 3.53. The Hall–Kier alpha value is -3.15. The fourth-order valence-corrected chi connectivity index (χ4v) is 1.06. The number of aliphatic carboxylic acids is 3. The molecule has 0 fully saturated rings. The van der Waals surface area contributed by atoms with Crippen molar-refractivity contribution in [3.8, 4) is 0 Å². The molecule has 0 saturated heterocycles. The topological polar surface area (TPSA) is 112 Å². The summed E-state index contributed by atoms with van der Waals surface area (Å²) in [6.07, 6.45) is 4.29. The molecule has 1 aromatic carbocycles. The lowest BCUT2D eigenvalue weighted by molar-refractivity contribution is -0.134. The molecule has 1 rings (SSSR count). The second kappa shape index (κ2) is 9.74. The van der Waals surface area contributed by atoms with Gasteiger partial charge in [-0.25, -0.2) is 14.4 Å². The van der Waals surface area contributed by atoms with E-state index in [1.54, 1.807) is 30.3 Å². The molecule has 1 aromatic rings. The minimum atomic E-state index is -1.28. The van der Waals surface area contributed by atoms with Crippen molar-refractivity contribution in [2.45, 2.75) is 0 Å². The summed E-state index contributed by atoms with van der Waals surface area (Å²) in [5.41, 5.74) is 0.538. The van der Waals surface area contributed by atoms with Gasteiger partial charge >= 0.3 is 17.9 Å². The third-order valence-corrected chi connectivity index (χ3v) is 1.96. The SMILES string of the molecule is C=CC(=O)O.O=C(O)C=C(C=Cc1ccccc1)C(=O)O. The first-order chi connectivity index (χ1) is 9.86. The predicted molar refractivity (Wildman–Crippen MR) is 76.7 cm³/mol. The average Bonchev–Trinajstić information content (AvgIpc) is 2.44. The molecule has 0 radical (unpaired) electrons. The van der Waals surface area contributed by atoms with E-state index in [2.05, 4.69) is 6.58 Å². The molecule has 0 heterocycles. The number of carbonyl (C=O) groups is 3. The molecule has 0 spiro atoms. The van der Waals surface area contributed by atoms with Crippen LogP contribution >= 0.6 is 0 Å². The van der Waals surface area contributed by atoms with E-state index in [0.29, 0.717) is 6.08 Å². The standard InChI is InChI=1S/C12H10O4.C3H4O2/c13-11(14)8-10(12(15)16)7-6-9-4-2-1-3-5-9;1-2-3(4)5/h1-8H,(H,13,14)(H,15,16);2H,1H2,(H,4,5). The van der Waals surface area contributed by atoms with Gasteiger partial charge in [0.15, 0.2) is 0 Å². The fourth-order valence-electron chi connectivity index (χ4n) is 1.06. The third-order valence-electron chi connectivity index (χ3n) is 1.96. The van der Waals surface area contributed by atoms with Crippen molar-refractivity contribution in [1.29, 1.82) is 0 Å². The van der Waals surface area contributed by atoms with Crippen LogP contribution in [-0.4, -0.2) is 33.2 Å². The minimum absolute atomic E-state index is 0.267. The Kier molecular flexibility index (Phi) is 8.28. The molecule has 0 bridgehead atoms. The largest absolute Gasteiger partial charge is 0.478 e.